The molecule has 3 nitrogen and oxygen atoms in total. The second-order valence-electron chi connectivity index (χ2n) is 2.69. The van der Waals surface area contributed by atoms with Crippen molar-refractivity contribution >= 4 is 18.4 Å². The average Bonchev–Trinajstić information content (AvgIpc) is 2.20. The highest BCUT2D eigenvalue weighted by Crippen LogP contribution is 2.00. The Kier molecular flexibility index (Phi) is 7.32. The van der Waals surface area contributed by atoms with Crippen LogP contribution in [0.3, 0.4) is 0 Å². The van der Waals surface area contributed by atoms with Crippen LogP contribution in [0.2, 0.25) is 0 Å². The fourth-order valence-corrected chi connectivity index (χ4v) is 0.940. The molecule has 0 fully saturated rings. The summed E-state index contributed by atoms with van der Waals surface area (Å²) in [5.41, 5.74) is 0.903. The first kappa shape index (κ1) is 13.7. The van der Waals surface area contributed by atoms with Crippen molar-refractivity contribution in [1.29, 1.82) is 0 Å². The molecule has 1 aromatic rings. The van der Waals surface area contributed by atoms with Crippen LogP contribution >= 0.6 is 12.4 Å². The first-order chi connectivity index (χ1) is 6.83. The van der Waals surface area contributed by atoms with Gasteiger partial charge in [-0.3, -0.25) is 4.89 Å². The van der Waals surface area contributed by atoms with E-state index in [9.17, 15) is 4.79 Å². The zero-order chi connectivity index (χ0) is 10.2. The van der Waals surface area contributed by atoms with Gasteiger partial charge >= 0.3 is 5.97 Å². The second-order valence-corrected chi connectivity index (χ2v) is 2.69. The predicted octanol–water partition coefficient (Wildman–Crippen LogP) is 2.31. The number of carbonyl (C=O) groups is 1. The Morgan fingerprint density at radius 3 is 2.60 bits per heavy atom. The van der Waals surface area contributed by atoms with Gasteiger partial charge in [-0.2, -0.15) is 4.89 Å². The van der Waals surface area contributed by atoms with E-state index >= 15 is 0 Å². The highest BCUT2D eigenvalue weighted by atomic mass is 35.5. The van der Waals surface area contributed by atoms with Crippen LogP contribution in [-0.4, -0.2) is 12.6 Å². The Morgan fingerprint density at radius 2 is 2.00 bits per heavy atom. The average molecular weight is 229 g/mol. The van der Waals surface area contributed by atoms with E-state index in [0.717, 1.165) is 5.56 Å². The molecule has 0 radical (unpaired) electrons. The van der Waals surface area contributed by atoms with E-state index < -0.39 is 5.97 Å². The van der Waals surface area contributed by atoms with E-state index in [2.05, 4.69) is 16.4 Å². The number of benzene rings is 1. The molecule has 1 rings (SSSR count). The largest absolute Gasteiger partial charge is 0.346 e. The molecule has 0 aliphatic carbocycles. The molecule has 1 aromatic carbocycles. The monoisotopic (exact) mass is 228 g/mol. The lowest BCUT2D eigenvalue weighted by Crippen LogP contribution is -2.08. The molecule has 0 spiro atoms. The third-order valence-corrected chi connectivity index (χ3v) is 1.53. The quantitative estimate of drug-likeness (QED) is 0.336. The van der Waals surface area contributed by atoms with E-state index in [-0.39, 0.29) is 25.4 Å². The summed E-state index contributed by atoms with van der Waals surface area (Å²) in [6.45, 7) is 3.63. The Morgan fingerprint density at radius 1 is 1.33 bits per heavy atom. The maximum atomic E-state index is 11.1. The van der Waals surface area contributed by atoms with Gasteiger partial charge in [0, 0.05) is 0 Å². The zero-order valence-electron chi connectivity index (χ0n) is 8.22. The molecule has 0 aromatic heterocycles. The molecule has 0 aliphatic rings. The van der Waals surface area contributed by atoms with Crippen LogP contribution in [0.25, 0.3) is 0 Å². The summed E-state index contributed by atoms with van der Waals surface area (Å²) < 4.78 is 0. The molecule has 0 bridgehead atoms. The predicted molar refractivity (Wildman–Crippen MR) is 59.6 cm³/mol. The van der Waals surface area contributed by atoms with Gasteiger partial charge in [0.2, 0.25) is 0 Å². The summed E-state index contributed by atoms with van der Waals surface area (Å²) in [5, 5.41) is 0. The van der Waals surface area contributed by atoms with E-state index in [1.807, 2.05) is 30.3 Å². The molecule has 0 unspecified atom stereocenters. The van der Waals surface area contributed by atoms with Crippen molar-refractivity contribution in [3.8, 4) is 0 Å². The molecule has 0 amide bonds. The number of halogens is 1. The van der Waals surface area contributed by atoms with Gasteiger partial charge in [0.25, 0.3) is 0 Å². The Hall–Kier alpha value is -1.32. The lowest BCUT2D eigenvalue weighted by atomic mass is 10.2. The van der Waals surface area contributed by atoms with Crippen molar-refractivity contribution in [1.82, 2.24) is 0 Å². The van der Waals surface area contributed by atoms with Gasteiger partial charge in [-0.25, -0.2) is 4.79 Å². The summed E-state index contributed by atoms with van der Waals surface area (Å²) >= 11 is 0. The van der Waals surface area contributed by atoms with Crippen molar-refractivity contribution in [2.24, 2.45) is 0 Å². The smallest absolute Gasteiger partial charge is 0.298 e. The van der Waals surface area contributed by atoms with Gasteiger partial charge in [-0.15, -0.1) is 19.0 Å². The number of carbonyl (C=O) groups excluding carboxylic acids is 1. The van der Waals surface area contributed by atoms with Crippen LogP contribution in [0.1, 0.15) is 5.56 Å². The Bertz CT molecular complexity index is 298. The van der Waals surface area contributed by atoms with Crippen molar-refractivity contribution in [2.45, 2.75) is 6.42 Å². The molecule has 0 N–H and O–H groups in total. The number of hydrogen-bond acceptors (Lipinski definition) is 3. The second kappa shape index (κ2) is 8.03. The minimum absolute atomic E-state index is 0. The minimum Gasteiger partial charge on any atom is -0.298 e. The van der Waals surface area contributed by atoms with Crippen LogP contribution in [0.5, 0.6) is 0 Å². The molecular formula is C11H13ClO3. The van der Waals surface area contributed by atoms with Crippen molar-refractivity contribution in [2.75, 3.05) is 6.61 Å². The van der Waals surface area contributed by atoms with E-state index in [0.29, 0.717) is 0 Å². The van der Waals surface area contributed by atoms with Gasteiger partial charge in [-0.1, -0.05) is 36.4 Å². The van der Waals surface area contributed by atoms with Gasteiger partial charge in [0.15, 0.2) is 0 Å². The Labute approximate surface area is 95.0 Å². The van der Waals surface area contributed by atoms with Crippen LogP contribution in [0, 0.1) is 0 Å². The summed E-state index contributed by atoms with van der Waals surface area (Å²) in [7, 11) is 0. The fraction of sp³-hybridized carbons (Fsp3) is 0.182. The zero-order valence-corrected chi connectivity index (χ0v) is 9.03. The van der Waals surface area contributed by atoms with Crippen molar-refractivity contribution < 1.29 is 14.6 Å². The highest BCUT2D eigenvalue weighted by molar-refractivity contribution is 5.85. The first-order valence-electron chi connectivity index (χ1n) is 4.30. The van der Waals surface area contributed by atoms with Gasteiger partial charge in [0.05, 0.1) is 6.42 Å². The standard InChI is InChI=1S/C11H12O3.ClH/c1-2-8-13-14-11(12)9-10-6-4-3-5-7-10;/h2-7H,1,8-9H2;1H. The van der Waals surface area contributed by atoms with Gasteiger partial charge in [0.1, 0.15) is 6.61 Å². The normalized spacial score (nSPS) is 8.80. The summed E-state index contributed by atoms with van der Waals surface area (Å²) in [6.07, 6.45) is 1.73. The fourth-order valence-electron chi connectivity index (χ4n) is 0.940. The van der Waals surface area contributed by atoms with E-state index in [1.54, 1.807) is 0 Å². The lowest BCUT2D eigenvalue weighted by molar-refractivity contribution is -0.264. The van der Waals surface area contributed by atoms with E-state index in [1.165, 1.54) is 6.08 Å². The van der Waals surface area contributed by atoms with Crippen LogP contribution in [-0.2, 0) is 21.0 Å². The maximum Gasteiger partial charge on any atom is 0.346 e. The number of hydrogen-bond donors (Lipinski definition) is 0. The van der Waals surface area contributed by atoms with Crippen molar-refractivity contribution in [3.05, 3.63) is 48.6 Å². The molecule has 82 valence electrons. The molecule has 0 aliphatic heterocycles. The number of rotatable bonds is 5. The first-order valence-corrected chi connectivity index (χ1v) is 4.30. The van der Waals surface area contributed by atoms with Crippen LogP contribution in [0.15, 0.2) is 43.0 Å². The lowest BCUT2D eigenvalue weighted by Gasteiger charge is -2.01. The third kappa shape index (κ3) is 5.88. The van der Waals surface area contributed by atoms with Gasteiger partial charge < -0.3 is 0 Å². The highest BCUT2D eigenvalue weighted by Gasteiger charge is 2.04. The maximum absolute atomic E-state index is 11.1. The summed E-state index contributed by atoms with van der Waals surface area (Å²) in [5.74, 6) is -0.405. The minimum atomic E-state index is -0.405. The Balaban J connectivity index is 0.00000196. The molecule has 0 atom stereocenters. The third-order valence-electron chi connectivity index (χ3n) is 1.53. The van der Waals surface area contributed by atoms with Crippen LogP contribution < -0.4 is 0 Å². The van der Waals surface area contributed by atoms with E-state index in [4.69, 9.17) is 0 Å². The molecule has 4 heteroatoms. The topological polar surface area (TPSA) is 35.5 Å². The van der Waals surface area contributed by atoms with Crippen molar-refractivity contribution in [3.63, 3.8) is 0 Å². The molecule has 0 heterocycles. The molecular weight excluding hydrogens is 216 g/mol. The molecule has 0 saturated heterocycles. The molecule has 15 heavy (non-hydrogen) atoms. The SMILES string of the molecule is C=CCOOC(=O)Cc1ccccc1.Cl. The summed E-state index contributed by atoms with van der Waals surface area (Å²) in [4.78, 5) is 20.1. The van der Waals surface area contributed by atoms with Gasteiger partial charge in [-0.05, 0) is 5.56 Å². The van der Waals surface area contributed by atoms with Crippen LogP contribution in [0.4, 0.5) is 0 Å². The summed E-state index contributed by atoms with van der Waals surface area (Å²) in [6, 6.07) is 9.34. The molecule has 0 saturated carbocycles.